The molecule has 4 N–H and O–H groups in total. The van der Waals surface area contributed by atoms with Crippen LogP contribution in [0.15, 0.2) is 53.0 Å². The average Bonchev–Trinajstić information content (AvgIpc) is 2.59. The highest BCUT2D eigenvalue weighted by atomic mass is 79.9. The Morgan fingerprint density at radius 2 is 1.78 bits per heavy atom. The van der Waals surface area contributed by atoms with E-state index in [9.17, 15) is 27.9 Å². The van der Waals surface area contributed by atoms with Crippen molar-refractivity contribution in [3.63, 3.8) is 0 Å². The van der Waals surface area contributed by atoms with Crippen LogP contribution in [0.5, 0.6) is 0 Å². The number of halogens is 4. The van der Waals surface area contributed by atoms with Gasteiger partial charge in [0.1, 0.15) is 6.04 Å². The second-order valence-electron chi connectivity index (χ2n) is 5.82. The number of carbonyl (C=O) groups excluding carboxylic acids is 2. The lowest BCUT2D eigenvalue weighted by molar-refractivity contribution is -0.137. The Hall–Kier alpha value is -2.39. The third-order valence-corrected chi connectivity index (χ3v) is 4.28. The van der Waals surface area contributed by atoms with E-state index in [1.165, 1.54) is 0 Å². The summed E-state index contributed by atoms with van der Waals surface area (Å²) in [5, 5.41) is 12.4. The van der Waals surface area contributed by atoms with Crippen LogP contribution in [0.2, 0.25) is 0 Å². The fraction of sp³-hybridized carbons (Fsp3) is 0.222. The molecule has 2 atom stereocenters. The first-order valence-corrected chi connectivity index (χ1v) is 8.56. The minimum absolute atomic E-state index is 0.0359. The topological polar surface area (TPSA) is 92.4 Å². The number of aliphatic hydroxyl groups excluding tert-OH is 1. The summed E-state index contributed by atoms with van der Waals surface area (Å²) in [6.07, 6.45) is -6.16. The summed E-state index contributed by atoms with van der Waals surface area (Å²) < 4.78 is 38.5. The minimum atomic E-state index is -4.52. The largest absolute Gasteiger partial charge is 0.416 e. The Bertz CT molecular complexity index is 825. The van der Waals surface area contributed by atoms with Crippen molar-refractivity contribution in [2.24, 2.45) is 5.73 Å². The van der Waals surface area contributed by atoms with E-state index in [0.29, 0.717) is 0 Å². The molecule has 2 aromatic rings. The highest BCUT2D eigenvalue weighted by Crippen LogP contribution is 2.30. The molecule has 0 bridgehead atoms. The van der Waals surface area contributed by atoms with E-state index < -0.39 is 35.7 Å². The molecule has 0 aliphatic heterocycles. The molecule has 0 aromatic heterocycles. The van der Waals surface area contributed by atoms with Crippen molar-refractivity contribution in [2.45, 2.75) is 24.7 Å². The van der Waals surface area contributed by atoms with Gasteiger partial charge in [-0.2, -0.15) is 13.2 Å². The summed E-state index contributed by atoms with van der Waals surface area (Å²) >= 11 is 3.29. The Morgan fingerprint density at radius 3 is 2.30 bits per heavy atom. The summed E-state index contributed by atoms with van der Waals surface area (Å²) in [7, 11) is 0. The molecule has 0 saturated heterocycles. The van der Waals surface area contributed by atoms with Crippen molar-refractivity contribution in [1.29, 1.82) is 0 Å². The van der Waals surface area contributed by atoms with Gasteiger partial charge in [0.05, 0.1) is 5.56 Å². The molecule has 2 aromatic carbocycles. The molecule has 0 saturated carbocycles. The number of nitrogens with two attached hydrogens (primary N) is 1. The standard InChI is InChI=1S/C18H16BrF3N2O3/c19-13-3-1-2-10(8-13)9-14(16(23)26)24-17(27)15(25)11-4-6-12(7-5-11)18(20,21)22/h1-8,14-15,25H,9H2,(H2,23,26)(H,24,27)/t14-,15+/m1/s1. The fourth-order valence-electron chi connectivity index (χ4n) is 2.38. The molecule has 9 heteroatoms. The maximum Gasteiger partial charge on any atom is 0.416 e. The predicted molar refractivity (Wildman–Crippen MR) is 95.4 cm³/mol. The quantitative estimate of drug-likeness (QED) is 0.639. The van der Waals surface area contributed by atoms with Gasteiger partial charge in [0.25, 0.3) is 5.91 Å². The lowest BCUT2D eigenvalue weighted by Gasteiger charge is -2.19. The second kappa shape index (κ2) is 8.53. The summed E-state index contributed by atoms with van der Waals surface area (Å²) in [6.45, 7) is 0. The molecule has 5 nitrogen and oxygen atoms in total. The summed E-state index contributed by atoms with van der Waals surface area (Å²) in [6, 6.07) is 9.45. The molecule has 0 aliphatic rings. The molecular weight excluding hydrogens is 429 g/mol. The van der Waals surface area contributed by atoms with Gasteiger partial charge in [-0.05, 0) is 35.4 Å². The van der Waals surface area contributed by atoms with Gasteiger partial charge in [-0.15, -0.1) is 0 Å². The summed E-state index contributed by atoms with van der Waals surface area (Å²) in [5.41, 5.74) is 5.09. The van der Waals surface area contributed by atoms with Crippen LogP contribution >= 0.6 is 15.9 Å². The SMILES string of the molecule is NC(=O)[C@@H](Cc1cccc(Br)c1)NC(=O)[C@@H](O)c1ccc(C(F)(F)F)cc1. The highest BCUT2D eigenvalue weighted by molar-refractivity contribution is 9.10. The number of alkyl halides is 3. The van der Waals surface area contributed by atoms with Crippen LogP contribution in [0.25, 0.3) is 0 Å². The van der Waals surface area contributed by atoms with E-state index in [4.69, 9.17) is 5.73 Å². The molecule has 0 spiro atoms. The summed E-state index contributed by atoms with van der Waals surface area (Å²) in [4.78, 5) is 23.8. The van der Waals surface area contributed by atoms with Crippen molar-refractivity contribution >= 4 is 27.7 Å². The van der Waals surface area contributed by atoms with Crippen molar-refractivity contribution in [2.75, 3.05) is 0 Å². The van der Waals surface area contributed by atoms with Gasteiger partial charge >= 0.3 is 6.18 Å². The van der Waals surface area contributed by atoms with E-state index in [1.54, 1.807) is 24.3 Å². The highest BCUT2D eigenvalue weighted by Gasteiger charge is 2.31. The third-order valence-electron chi connectivity index (χ3n) is 3.79. The van der Waals surface area contributed by atoms with Crippen LogP contribution < -0.4 is 11.1 Å². The van der Waals surface area contributed by atoms with Crippen LogP contribution in [0, 0.1) is 0 Å². The number of carbonyl (C=O) groups is 2. The first kappa shape index (κ1) is 20.9. The number of benzene rings is 2. The lowest BCUT2D eigenvalue weighted by atomic mass is 10.0. The van der Waals surface area contributed by atoms with Crippen LogP contribution in [-0.2, 0) is 22.2 Å². The number of hydrogen-bond donors (Lipinski definition) is 3. The van der Waals surface area contributed by atoms with E-state index in [2.05, 4.69) is 21.2 Å². The van der Waals surface area contributed by atoms with Crippen molar-refractivity contribution < 1.29 is 27.9 Å². The zero-order valence-corrected chi connectivity index (χ0v) is 15.4. The Balaban J connectivity index is 2.09. The second-order valence-corrected chi connectivity index (χ2v) is 6.74. The third kappa shape index (κ3) is 5.80. The number of amides is 2. The Morgan fingerprint density at radius 1 is 1.15 bits per heavy atom. The Labute approximate surface area is 161 Å². The molecule has 0 heterocycles. The molecule has 0 fully saturated rings. The molecule has 0 aliphatic carbocycles. The van der Waals surface area contributed by atoms with Crippen LogP contribution in [0.4, 0.5) is 13.2 Å². The van der Waals surface area contributed by atoms with Gasteiger partial charge in [-0.25, -0.2) is 0 Å². The van der Waals surface area contributed by atoms with Gasteiger partial charge in [-0.1, -0.05) is 40.2 Å². The van der Waals surface area contributed by atoms with E-state index in [-0.39, 0.29) is 12.0 Å². The van der Waals surface area contributed by atoms with Crippen LogP contribution in [0.3, 0.4) is 0 Å². The van der Waals surface area contributed by atoms with Gasteiger partial charge < -0.3 is 16.2 Å². The monoisotopic (exact) mass is 444 g/mol. The normalized spacial score (nSPS) is 13.7. The maximum atomic E-state index is 12.6. The Kier molecular flexibility index (Phi) is 6.61. The molecule has 2 amide bonds. The molecule has 144 valence electrons. The van der Waals surface area contributed by atoms with Crippen molar-refractivity contribution in [3.8, 4) is 0 Å². The molecule has 2 rings (SSSR count). The lowest BCUT2D eigenvalue weighted by Crippen LogP contribution is -2.47. The first-order chi connectivity index (χ1) is 12.6. The van der Waals surface area contributed by atoms with Crippen molar-refractivity contribution in [1.82, 2.24) is 5.32 Å². The number of hydrogen-bond acceptors (Lipinski definition) is 3. The number of aliphatic hydroxyl groups is 1. The predicted octanol–water partition coefficient (Wildman–Crippen LogP) is 2.71. The maximum absolute atomic E-state index is 12.6. The zero-order valence-electron chi connectivity index (χ0n) is 13.8. The number of nitrogens with one attached hydrogen (secondary N) is 1. The molecular formula is C18H16BrF3N2O3. The smallest absolute Gasteiger partial charge is 0.378 e. The van der Waals surface area contributed by atoms with Crippen LogP contribution in [0.1, 0.15) is 22.8 Å². The zero-order chi connectivity index (χ0) is 20.2. The fourth-order valence-corrected chi connectivity index (χ4v) is 2.83. The summed E-state index contributed by atoms with van der Waals surface area (Å²) in [5.74, 6) is -1.74. The molecule has 0 unspecified atom stereocenters. The van der Waals surface area contributed by atoms with Gasteiger partial charge in [0.2, 0.25) is 5.91 Å². The molecule has 0 radical (unpaired) electrons. The van der Waals surface area contributed by atoms with E-state index >= 15 is 0 Å². The van der Waals surface area contributed by atoms with Gasteiger partial charge in [-0.3, -0.25) is 9.59 Å². The minimum Gasteiger partial charge on any atom is -0.378 e. The van der Waals surface area contributed by atoms with E-state index in [0.717, 1.165) is 34.3 Å². The van der Waals surface area contributed by atoms with Gasteiger partial charge in [0, 0.05) is 10.9 Å². The van der Waals surface area contributed by atoms with Crippen molar-refractivity contribution in [3.05, 3.63) is 69.7 Å². The first-order valence-electron chi connectivity index (χ1n) is 7.77. The van der Waals surface area contributed by atoms with Gasteiger partial charge in [0.15, 0.2) is 6.10 Å². The van der Waals surface area contributed by atoms with Crippen LogP contribution in [-0.4, -0.2) is 23.0 Å². The average molecular weight is 445 g/mol. The number of rotatable bonds is 6. The van der Waals surface area contributed by atoms with E-state index in [1.807, 2.05) is 0 Å². The number of primary amides is 1. The molecule has 27 heavy (non-hydrogen) atoms.